The average Bonchev–Trinajstić information content (AvgIpc) is 1.98. The highest BCUT2D eigenvalue weighted by molar-refractivity contribution is 6.28. The van der Waals surface area contributed by atoms with Crippen molar-refractivity contribution in [1.82, 2.24) is 9.97 Å². The molecule has 1 aromatic heterocycles. The summed E-state index contributed by atoms with van der Waals surface area (Å²) in [7, 11) is 0. The summed E-state index contributed by atoms with van der Waals surface area (Å²) in [5, 5.41) is 0.313. The van der Waals surface area contributed by atoms with E-state index in [-0.39, 0.29) is 0 Å². The van der Waals surface area contributed by atoms with Crippen LogP contribution in [-0.2, 0) is 4.74 Å². The number of hydrogen-bond acceptors (Lipinski definition) is 4. The Kier molecular flexibility index (Phi) is 1.69. The summed E-state index contributed by atoms with van der Waals surface area (Å²) in [5.74, 6) is 0.919. The van der Waals surface area contributed by atoms with Gasteiger partial charge in [0, 0.05) is 19.3 Å². The first-order chi connectivity index (χ1) is 6.77. The van der Waals surface area contributed by atoms with Crippen molar-refractivity contribution >= 4 is 17.4 Å². The van der Waals surface area contributed by atoms with Crippen LogP contribution < -0.4 is 4.90 Å². The molecule has 2 saturated heterocycles. The Hall–Kier alpha value is -0.870. The summed E-state index contributed by atoms with van der Waals surface area (Å²) in [6, 6.07) is 1.89. The molecule has 1 spiro atoms. The van der Waals surface area contributed by atoms with Gasteiger partial charge >= 0.3 is 0 Å². The second-order valence-electron chi connectivity index (χ2n) is 4.03. The third kappa shape index (κ3) is 1.18. The summed E-state index contributed by atoms with van der Waals surface area (Å²) < 4.78 is 5.20. The molecule has 2 aliphatic heterocycles. The molecule has 14 heavy (non-hydrogen) atoms. The molecular weight excluding hydrogens is 202 g/mol. The Balaban J connectivity index is 1.73. The van der Waals surface area contributed by atoms with Crippen molar-refractivity contribution in [2.24, 2.45) is 5.41 Å². The van der Waals surface area contributed by atoms with Crippen LogP contribution in [0.5, 0.6) is 0 Å². The fourth-order valence-corrected chi connectivity index (χ4v) is 2.14. The SMILES string of the molecule is Clc1nccc(N2CC3(COC3)C2)n1. The molecular formula is C9H10ClN3O. The number of anilines is 1. The van der Waals surface area contributed by atoms with E-state index in [0.29, 0.717) is 10.7 Å². The van der Waals surface area contributed by atoms with Gasteiger partial charge in [0.1, 0.15) is 5.82 Å². The highest BCUT2D eigenvalue weighted by Gasteiger charge is 2.49. The molecule has 0 bridgehead atoms. The van der Waals surface area contributed by atoms with Gasteiger partial charge in [0.2, 0.25) is 5.28 Å². The predicted molar refractivity (Wildman–Crippen MR) is 52.5 cm³/mol. The van der Waals surface area contributed by atoms with E-state index < -0.39 is 0 Å². The molecule has 2 fully saturated rings. The maximum absolute atomic E-state index is 5.72. The monoisotopic (exact) mass is 211 g/mol. The minimum absolute atomic E-state index is 0.313. The molecule has 1 aromatic rings. The predicted octanol–water partition coefficient (Wildman–Crippen LogP) is 0.967. The van der Waals surface area contributed by atoms with Gasteiger partial charge in [-0.15, -0.1) is 0 Å². The van der Waals surface area contributed by atoms with E-state index in [2.05, 4.69) is 14.9 Å². The van der Waals surface area contributed by atoms with E-state index in [0.717, 1.165) is 32.1 Å². The summed E-state index contributed by atoms with van der Waals surface area (Å²) >= 11 is 5.72. The van der Waals surface area contributed by atoms with E-state index in [9.17, 15) is 0 Å². The zero-order chi connectivity index (χ0) is 9.60. The lowest BCUT2D eigenvalue weighted by Crippen LogP contribution is -2.66. The molecule has 0 N–H and O–H groups in total. The third-order valence-electron chi connectivity index (χ3n) is 2.80. The van der Waals surface area contributed by atoms with Crippen molar-refractivity contribution in [2.75, 3.05) is 31.2 Å². The Morgan fingerprint density at radius 1 is 1.43 bits per heavy atom. The van der Waals surface area contributed by atoms with Crippen molar-refractivity contribution in [2.45, 2.75) is 0 Å². The molecule has 3 rings (SSSR count). The van der Waals surface area contributed by atoms with Gasteiger partial charge in [0.25, 0.3) is 0 Å². The lowest BCUT2D eigenvalue weighted by atomic mass is 9.78. The van der Waals surface area contributed by atoms with E-state index in [4.69, 9.17) is 16.3 Å². The van der Waals surface area contributed by atoms with Crippen molar-refractivity contribution in [3.05, 3.63) is 17.5 Å². The van der Waals surface area contributed by atoms with Gasteiger partial charge in [-0.25, -0.2) is 9.97 Å². The van der Waals surface area contributed by atoms with Crippen LogP contribution in [0.3, 0.4) is 0 Å². The van der Waals surface area contributed by atoms with Crippen LogP contribution in [0, 0.1) is 5.41 Å². The number of hydrogen-bond donors (Lipinski definition) is 0. The van der Waals surface area contributed by atoms with Crippen LogP contribution in [0.25, 0.3) is 0 Å². The zero-order valence-corrected chi connectivity index (χ0v) is 8.37. The topological polar surface area (TPSA) is 38.2 Å². The minimum atomic E-state index is 0.313. The molecule has 4 nitrogen and oxygen atoms in total. The van der Waals surface area contributed by atoms with Gasteiger partial charge in [0.05, 0.1) is 18.6 Å². The maximum atomic E-state index is 5.72. The molecule has 0 unspecified atom stereocenters. The van der Waals surface area contributed by atoms with Gasteiger partial charge in [-0.2, -0.15) is 0 Å². The van der Waals surface area contributed by atoms with Crippen molar-refractivity contribution in [3.8, 4) is 0 Å². The fourth-order valence-electron chi connectivity index (χ4n) is 2.00. The van der Waals surface area contributed by atoms with Crippen LogP contribution in [-0.4, -0.2) is 36.3 Å². The van der Waals surface area contributed by atoms with Gasteiger partial charge < -0.3 is 9.64 Å². The van der Waals surface area contributed by atoms with E-state index >= 15 is 0 Å². The first-order valence-electron chi connectivity index (χ1n) is 4.59. The van der Waals surface area contributed by atoms with E-state index in [1.165, 1.54) is 0 Å². The average molecular weight is 212 g/mol. The van der Waals surface area contributed by atoms with Gasteiger partial charge in [-0.3, -0.25) is 0 Å². The number of ether oxygens (including phenoxy) is 1. The van der Waals surface area contributed by atoms with Crippen LogP contribution in [0.15, 0.2) is 12.3 Å². The Morgan fingerprint density at radius 3 is 2.79 bits per heavy atom. The molecule has 2 aliphatic rings. The van der Waals surface area contributed by atoms with Gasteiger partial charge in [0.15, 0.2) is 0 Å². The lowest BCUT2D eigenvalue weighted by molar-refractivity contribution is -0.127. The van der Waals surface area contributed by atoms with E-state index in [1.54, 1.807) is 6.20 Å². The first-order valence-corrected chi connectivity index (χ1v) is 4.97. The van der Waals surface area contributed by atoms with Gasteiger partial charge in [-0.05, 0) is 17.7 Å². The second kappa shape index (κ2) is 2.81. The maximum Gasteiger partial charge on any atom is 0.224 e. The Bertz CT molecular complexity index is 359. The smallest absolute Gasteiger partial charge is 0.224 e. The molecule has 0 amide bonds. The third-order valence-corrected chi connectivity index (χ3v) is 2.99. The molecule has 0 radical (unpaired) electrons. The van der Waals surface area contributed by atoms with Crippen molar-refractivity contribution < 1.29 is 4.74 Å². The lowest BCUT2D eigenvalue weighted by Gasteiger charge is -2.55. The standard InChI is InChI=1S/C9H10ClN3O/c10-8-11-2-1-7(12-8)13-3-9(4-13)5-14-6-9/h1-2H,3-6H2. The molecule has 0 saturated carbocycles. The summed E-state index contributed by atoms with van der Waals surface area (Å²) in [5.41, 5.74) is 0.414. The first kappa shape index (κ1) is 8.44. The molecule has 5 heteroatoms. The molecule has 0 atom stereocenters. The van der Waals surface area contributed by atoms with Gasteiger partial charge in [-0.1, -0.05) is 0 Å². The number of halogens is 1. The summed E-state index contributed by atoms with van der Waals surface area (Å²) in [4.78, 5) is 10.2. The molecule has 74 valence electrons. The van der Waals surface area contributed by atoms with Crippen LogP contribution >= 0.6 is 11.6 Å². The number of rotatable bonds is 1. The van der Waals surface area contributed by atoms with Crippen molar-refractivity contribution in [3.63, 3.8) is 0 Å². The second-order valence-corrected chi connectivity index (χ2v) is 4.37. The number of aromatic nitrogens is 2. The van der Waals surface area contributed by atoms with Crippen LogP contribution in [0.2, 0.25) is 5.28 Å². The van der Waals surface area contributed by atoms with E-state index in [1.807, 2.05) is 6.07 Å². The molecule has 0 aromatic carbocycles. The minimum Gasteiger partial charge on any atom is -0.380 e. The Morgan fingerprint density at radius 2 is 2.21 bits per heavy atom. The van der Waals surface area contributed by atoms with Crippen LogP contribution in [0.4, 0.5) is 5.82 Å². The molecule has 3 heterocycles. The van der Waals surface area contributed by atoms with Crippen LogP contribution in [0.1, 0.15) is 0 Å². The highest BCUT2D eigenvalue weighted by atomic mass is 35.5. The Labute approximate surface area is 86.9 Å². The normalized spacial score (nSPS) is 23.1. The summed E-state index contributed by atoms with van der Waals surface area (Å²) in [6.45, 7) is 3.84. The highest BCUT2D eigenvalue weighted by Crippen LogP contribution is 2.39. The summed E-state index contributed by atoms with van der Waals surface area (Å²) in [6.07, 6.45) is 1.69. The quantitative estimate of drug-likeness (QED) is 0.649. The number of nitrogens with zero attached hydrogens (tertiary/aromatic N) is 3. The molecule has 0 aliphatic carbocycles. The fraction of sp³-hybridized carbons (Fsp3) is 0.556. The zero-order valence-electron chi connectivity index (χ0n) is 7.61. The van der Waals surface area contributed by atoms with Crippen molar-refractivity contribution in [1.29, 1.82) is 0 Å². The largest absolute Gasteiger partial charge is 0.380 e.